The van der Waals surface area contributed by atoms with Gasteiger partial charge >= 0.3 is 0 Å². The van der Waals surface area contributed by atoms with E-state index >= 15 is 0 Å². The van der Waals surface area contributed by atoms with Gasteiger partial charge in [-0.25, -0.2) is 0 Å². The average Bonchev–Trinajstić information content (AvgIpc) is 2.74. The molecule has 2 unspecified atom stereocenters. The van der Waals surface area contributed by atoms with Crippen molar-refractivity contribution in [3.8, 4) is 0 Å². The van der Waals surface area contributed by atoms with Crippen LogP contribution in [0.15, 0.2) is 0 Å². The molecule has 0 aromatic heterocycles. The molecule has 36 heavy (non-hydrogen) atoms. The largest absolute Gasteiger partial charge is 0.300 e. The van der Waals surface area contributed by atoms with Crippen molar-refractivity contribution < 1.29 is 51.9 Å². The van der Waals surface area contributed by atoms with E-state index in [1.807, 2.05) is 9.80 Å². The third kappa shape index (κ3) is 13.3. The highest BCUT2D eigenvalue weighted by molar-refractivity contribution is 7.86. The SMILES string of the molecule is CC(N1CCN(C(C)S(=O)(=O)O)CC1)S(=O)(=O)O.O=S(=O)(O)CCN1CCN(CCS(=O)(=O)O)CC1. The lowest BCUT2D eigenvalue weighted by Gasteiger charge is -2.38. The molecule has 216 valence electrons. The topological polar surface area (TPSA) is 230 Å². The highest BCUT2D eigenvalue weighted by Crippen LogP contribution is 2.14. The first-order valence-electron chi connectivity index (χ1n) is 10.9. The Labute approximate surface area is 213 Å². The van der Waals surface area contributed by atoms with Crippen LogP contribution in [0, 0.1) is 0 Å². The zero-order valence-corrected chi connectivity index (χ0v) is 23.4. The van der Waals surface area contributed by atoms with Gasteiger partial charge in [0.1, 0.15) is 10.7 Å². The lowest BCUT2D eigenvalue weighted by molar-refractivity contribution is 0.114. The summed E-state index contributed by atoms with van der Waals surface area (Å²) in [7, 11) is -16.1. The van der Waals surface area contributed by atoms with Crippen molar-refractivity contribution in [2.75, 3.05) is 77.0 Å². The van der Waals surface area contributed by atoms with Crippen molar-refractivity contribution in [3.05, 3.63) is 0 Å². The Morgan fingerprint density at radius 2 is 0.778 bits per heavy atom. The monoisotopic (exact) mass is 604 g/mol. The minimum Gasteiger partial charge on any atom is -0.300 e. The summed E-state index contributed by atoms with van der Waals surface area (Å²) in [5.74, 6) is -0.587. The minimum absolute atomic E-state index is 0.269. The first-order valence-corrected chi connectivity index (χ1v) is 17.2. The Morgan fingerprint density at radius 1 is 0.528 bits per heavy atom. The molecule has 0 saturated carbocycles. The summed E-state index contributed by atoms with van der Waals surface area (Å²) in [5.41, 5.74) is 0. The van der Waals surface area contributed by atoms with Gasteiger partial charge in [0, 0.05) is 65.4 Å². The van der Waals surface area contributed by atoms with Gasteiger partial charge in [-0.05, 0) is 13.8 Å². The van der Waals surface area contributed by atoms with Crippen LogP contribution in [0.4, 0.5) is 0 Å². The average molecular weight is 605 g/mol. The lowest BCUT2D eigenvalue weighted by atomic mass is 10.3. The number of hydrogen-bond acceptors (Lipinski definition) is 12. The van der Waals surface area contributed by atoms with E-state index in [-0.39, 0.29) is 24.6 Å². The highest BCUT2D eigenvalue weighted by Gasteiger charge is 2.32. The van der Waals surface area contributed by atoms with Gasteiger partial charge in [-0.3, -0.25) is 37.8 Å². The van der Waals surface area contributed by atoms with Gasteiger partial charge in [0.25, 0.3) is 40.5 Å². The number of nitrogens with zero attached hydrogens (tertiary/aromatic N) is 4. The van der Waals surface area contributed by atoms with Crippen molar-refractivity contribution in [2.45, 2.75) is 24.6 Å². The fourth-order valence-corrected chi connectivity index (χ4v) is 5.72. The summed E-state index contributed by atoms with van der Waals surface area (Å²) < 4.78 is 121. The molecule has 2 aliphatic heterocycles. The summed E-state index contributed by atoms with van der Waals surface area (Å²) in [4.78, 5) is 6.86. The molecule has 0 radical (unpaired) electrons. The van der Waals surface area contributed by atoms with E-state index in [9.17, 15) is 33.7 Å². The first kappa shape index (κ1) is 33.5. The smallest absolute Gasteiger partial charge is 0.280 e. The van der Waals surface area contributed by atoms with Crippen LogP contribution in [0.25, 0.3) is 0 Å². The highest BCUT2D eigenvalue weighted by atomic mass is 32.2. The van der Waals surface area contributed by atoms with Gasteiger partial charge in [0.05, 0.1) is 11.5 Å². The van der Waals surface area contributed by atoms with Gasteiger partial charge < -0.3 is 0 Å². The molecule has 2 saturated heterocycles. The second-order valence-corrected chi connectivity index (χ2v) is 15.1. The van der Waals surface area contributed by atoms with Crippen molar-refractivity contribution >= 4 is 40.5 Å². The predicted octanol–water partition coefficient (Wildman–Crippen LogP) is -2.55. The molecule has 16 nitrogen and oxygen atoms in total. The Balaban J connectivity index is 0.000000360. The second kappa shape index (κ2) is 13.5. The fourth-order valence-electron chi connectivity index (χ4n) is 3.57. The molecular weight excluding hydrogens is 568 g/mol. The molecule has 0 aromatic rings. The summed E-state index contributed by atoms with van der Waals surface area (Å²) in [6.45, 7) is 6.96. The van der Waals surface area contributed by atoms with Crippen LogP contribution in [-0.2, 0) is 40.5 Å². The van der Waals surface area contributed by atoms with Crippen molar-refractivity contribution in [3.63, 3.8) is 0 Å². The lowest BCUT2D eigenvalue weighted by Crippen LogP contribution is -2.54. The maximum Gasteiger partial charge on any atom is 0.280 e. The van der Waals surface area contributed by atoms with Crippen molar-refractivity contribution in [2.24, 2.45) is 0 Å². The number of hydrogen-bond donors (Lipinski definition) is 4. The second-order valence-electron chi connectivity index (χ2n) is 8.56. The standard InChI is InChI=1S/2C8H18N2O6S2/c1-7(17(11,12)13)9-3-5-10(6-4-9)8(2)18(14,15)16;11-17(12,13)7-5-9-1-2-10(4-3-9)6-8-18(14,15)16/h7-8H,3-6H2,1-2H3,(H,11,12,13)(H,14,15,16);1-8H2,(H,11,12,13)(H,14,15,16). The summed E-state index contributed by atoms with van der Waals surface area (Å²) in [6, 6.07) is 0. The molecular formula is C16H36N4O12S4. The van der Waals surface area contributed by atoms with Gasteiger partial charge in [-0.2, -0.15) is 33.7 Å². The van der Waals surface area contributed by atoms with Gasteiger partial charge in [0.15, 0.2) is 0 Å². The van der Waals surface area contributed by atoms with E-state index in [2.05, 4.69) is 0 Å². The number of piperazine rings is 2. The van der Waals surface area contributed by atoms with E-state index in [4.69, 9.17) is 18.2 Å². The molecule has 4 N–H and O–H groups in total. The number of rotatable bonds is 10. The Bertz CT molecular complexity index is 1020. The van der Waals surface area contributed by atoms with E-state index in [1.54, 1.807) is 9.80 Å². The molecule has 0 bridgehead atoms. The molecule has 0 aromatic carbocycles. The predicted molar refractivity (Wildman–Crippen MR) is 131 cm³/mol. The first-order chi connectivity index (χ1) is 16.2. The van der Waals surface area contributed by atoms with Gasteiger partial charge in [-0.1, -0.05) is 0 Å². The van der Waals surface area contributed by atoms with Gasteiger partial charge in [-0.15, -0.1) is 0 Å². The van der Waals surface area contributed by atoms with E-state index in [0.717, 1.165) is 0 Å². The van der Waals surface area contributed by atoms with E-state index in [0.29, 0.717) is 52.4 Å². The molecule has 2 fully saturated rings. The Kier molecular flexibility index (Phi) is 12.6. The molecule has 2 rings (SSSR count). The van der Waals surface area contributed by atoms with Crippen LogP contribution >= 0.6 is 0 Å². The minimum atomic E-state index is -4.13. The normalized spacial score (nSPS) is 21.9. The van der Waals surface area contributed by atoms with Crippen LogP contribution in [-0.4, -0.2) is 159 Å². The fraction of sp³-hybridized carbons (Fsp3) is 1.00. The molecule has 2 heterocycles. The molecule has 20 heteroatoms. The molecule has 2 aliphatic rings. The Morgan fingerprint density at radius 3 is 0.972 bits per heavy atom. The quantitative estimate of drug-likeness (QED) is 0.188. The van der Waals surface area contributed by atoms with Crippen LogP contribution in [0.3, 0.4) is 0 Å². The molecule has 0 aliphatic carbocycles. The maximum absolute atomic E-state index is 11.0. The summed E-state index contributed by atoms with van der Waals surface area (Å²) >= 11 is 0. The summed E-state index contributed by atoms with van der Waals surface area (Å²) in [6.07, 6.45) is 0. The van der Waals surface area contributed by atoms with Crippen LogP contribution in [0.2, 0.25) is 0 Å². The van der Waals surface area contributed by atoms with Crippen LogP contribution in [0.5, 0.6) is 0 Å². The third-order valence-corrected chi connectivity index (χ3v) is 9.75. The van der Waals surface area contributed by atoms with Crippen LogP contribution in [0.1, 0.15) is 13.8 Å². The van der Waals surface area contributed by atoms with E-state index < -0.39 is 51.2 Å². The maximum atomic E-state index is 11.0. The molecule has 0 spiro atoms. The van der Waals surface area contributed by atoms with Crippen molar-refractivity contribution in [1.29, 1.82) is 0 Å². The zero-order chi connectivity index (χ0) is 27.9. The van der Waals surface area contributed by atoms with Gasteiger partial charge in [0.2, 0.25) is 0 Å². The van der Waals surface area contributed by atoms with Crippen molar-refractivity contribution in [1.82, 2.24) is 19.6 Å². The molecule has 2 atom stereocenters. The van der Waals surface area contributed by atoms with Crippen LogP contribution < -0.4 is 0 Å². The zero-order valence-electron chi connectivity index (χ0n) is 20.1. The Hall–Kier alpha value is -0.520. The third-order valence-electron chi connectivity index (χ3n) is 6.04. The van der Waals surface area contributed by atoms with E-state index in [1.165, 1.54) is 13.8 Å². The molecule has 0 amide bonds. The summed E-state index contributed by atoms with van der Waals surface area (Å²) in [5, 5.41) is -2.03.